The van der Waals surface area contributed by atoms with E-state index < -0.39 is 0 Å². The van der Waals surface area contributed by atoms with Crippen LogP contribution in [0.2, 0.25) is 0 Å². The predicted octanol–water partition coefficient (Wildman–Crippen LogP) is 3.50. The number of aryl methyl sites for hydroxylation is 1. The number of para-hydroxylation sites is 2. The van der Waals surface area contributed by atoms with Gasteiger partial charge in [0.15, 0.2) is 0 Å². The summed E-state index contributed by atoms with van der Waals surface area (Å²) >= 11 is 0. The summed E-state index contributed by atoms with van der Waals surface area (Å²) in [5, 5.41) is 0. The second kappa shape index (κ2) is 7.07. The molecule has 0 fully saturated rings. The Bertz CT molecular complexity index is 656. The summed E-state index contributed by atoms with van der Waals surface area (Å²) in [5.41, 5.74) is 2.82. The number of esters is 1. The molecule has 0 amide bonds. The van der Waals surface area contributed by atoms with Crippen LogP contribution in [0.4, 0.5) is 0 Å². The number of benzene rings is 1. The highest BCUT2D eigenvalue weighted by Crippen LogP contribution is 2.18. The van der Waals surface area contributed by atoms with Crippen LogP contribution in [-0.4, -0.2) is 22.6 Å². The van der Waals surface area contributed by atoms with Gasteiger partial charge in [-0.25, -0.2) is 9.78 Å². The average Bonchev–Trinajstić information content (AvgIpc) is 2.85. The van der Waals surface area contributed by atoms with E-state index in [1.807, 2.05) is 31.2 Å². The van der Waals surface area contributed by atoms with Crippen molar-refractivity contribution in [3.8, 4) is 0 Å². The Balaban J connectivity index is 2.38. The van der Waals surface area contributed by atoms with Gasteiger partial charge in [0, 0.05) is 18.5 Å². The van der Waals surface area contributed by atoms with Gasteiger partial charge in [0.05, 0.1) is 18.1 Å². The summed E-state index contributed by atoms with van der Waals surface area (Å²) < 4.78 is 6.98. The zero-order valence-electron chi connectivity index (χ0n) is 12.9. The van der Waals surface area contributed by atoms with Crippen molar-refractivity contribution in [2.75, 3.05) is 7.11 Å². The van der Waals surface area contributed by atoms with Crippen molar-refractivity contribution in [3.63, 3.8) is 0 Å². The standard InChI is InChI=1S/C17H22N2O2/c1-4-8-16-18-14-9-6-7-10-15(14)19(16)12-11-13(5-2)17(20)21-3/h6-7,9-11H,4-5,8,12H2,1-3H3/b13-11-. The highest BCUT2D eigenvalue weighted by molar-refractivity contribution is 5.88. The molecule has 0 spiro atoms. The van der Waals surface area contributed by atoms with Gasteiger partial charge in [-0.3, -0.25) is 0 Å². The third kappa shape index (κ3) is 3.32. The molecular weight excluding hydrogens is 264 g/mol. The van der Waals surface area contributed by atoms with Crippen molar-refractivity contribution in [2.45, 2.75) is 39.7 Å². The number of fused-ring (bicyclic) bond motifs is 1. The van der Waals surface area contributed by atoms with Crippen LogP contribution in [-0.2, 0) is 22.5 Å². The minimum absolute atomic E-state index is 0.251. The molecular formula is C17H22N2O2. The molecule has 1 aromatic carbocycles. The van der Waals surface area contributed by atoms with Crippen molar-refractivity contribution < 1.29 is 9.53 Å². The van der Waals surface area contributed by atoms with E-state index in [0.717, 1.165) is 29.7 Å². The van der Waals surface area contributed by atoms with Gasteiger partial charge < -0.3 is 9.30 Å². The summed E-state index contributed by atoms with van der Waals surface area (Å²) in [6.45, 7) is 4.75. The summed E-state index contributed by atoms with van der Waals surface area (Å²) in [5.74, 6) is 0.814. The second-order valence-electron chi connectivity index (χ2n) is 4.95. The number of nitrogens with zero attached hydrogens (tertiary/aromatic N) is 2. The van der Waals surface area contributed by atoms with Gasteiger partial charge in [0.1, 0.15) is 5.82 Å². The highest BCUT2D eigenvalue weighted by Gasteiger charge is 2.11. The van der Waals surface area contributed by atoms with Gasteiger partial charge in [-0.1, -0.05) is 32.1 Å². The molecule has 21 heavy (non-hydrogen) atoms. The van der Waals surface area contributed by atoms with Gasteiger partial charge in [-0.2, -0.15) is 0 Å². The third-order valence-corrected chi connectivity index (χ3v) is 3.56. The van der Waals surface area contributed by atoms with Gasteiger partial charge in [-0.15, -0.1) is 0 Å². The van der Waals surface area contributed by atoms with E-state index in [1.165, 1.54) is 7.11 Å². The van der Waals surface area contributed by atoms with Crippen molar-refractivity contribution >= 4 is 17.0 Å². The maximum absolute atomic E-state index is 11.7. The maximum Gasteiger partial charge on any atom is 0.333 e. The molecule has 2 rings (SSSR count). The lowest BCUT2D eigenvalue weighted by Gasteiger charge is -2.07. The van der Waals surface area contributed by atoms with Gasteiger partial charge in [0.2, 0.25) is 0 Å². The molecule has 0 unspecified atom stereocenters. The van der Waals surface area contributed by atoms with Crippen LogP contribution in [0.3, 0.4) is 0 Å². The number of carbonyl (C=O) groups excluding carboxylic acids is 1. The zero-order chi connectivity index (χ0) is 15.2. The molecule has 0 aliphatic carbocycles. The van der Waals surface area contributed by atoms with E-state index in [-0.39, 0.29) is 5.97 Å². The predicted molar refractivity (Wildman–Crippen MR) is 84.1 cm³/mol. The van der Waals surface area contributed by atoms with Gasteiger partial charge in [-0.05, 0) is 25.0 Å². The molecule has 4 heteroatoms. The fourth-order valence-corrected chi connectivity index (χ4v) is 2.45. The quantitative estimate of drug-likeness (QED) is 0.603. The zero-order valence-corrected chi connectivity index (χ0v) is 12.9. The van der Waals surface area contributed by atoms with Gasteiger partial charge in [0.25, 0.3) is 0 Å². The molecule has 1 heterocycles. The van der Waals surface area contributed by atoms with Crippen LogP contribution in [0.15, 0.2) is 35.9 Å². The van der Waals surface area contributed by atoms with Crippen LogP contribution in [0.5, 0.6) is 0 Å². The largest absolute Gasteiger partial charge is 0.466 e. The van der Waals surface area contributed by atoms with Gasteiger partial charge >= 0.3 is 5.97 Å². The average molecular weight is 286 g/mol. The first kappa shape index (κ1) is 15.3. The maximum atomic E-state index is 11.7. The Morgan fingerprint density at radius 1 is 1.33 bits per heavy atom. The van der Waals surface area contributed by atoms with E-state index in [1.54, 1.807) is 0 Å². The first-order valence-corrected chi connectivity index (χ1v) is 7.42. The summed E-state index contributed by atoms with van der Waals surface area (Å²) in [7, 11) is 1.42. The Labute approximate surface area is 125 Å². The number of carbonyl (C=O) groups is 1. The molecule has 112 valence electrons. The van der Waals surface area contributed by atoms with E-state index in [9.17, 15) is 4.79 Å². The molecule has 0 bridgehead atoms. The number of rotatable bonds is 6. The summed E-state index contributed by atoms with van der Waals surface area (Å²) in [6.07, 6.45) is 4.59. The van der Waals surface area contributed by atoms with Crippen molar-refractivity contribution in [1.82, 2.24) is 9.55 Å². The van der Waals surface area contributed by atoms with Crippen molar-refractivity contribution in [3.05, 3.63) is 41.7 Å². The third-order valence-electron chi connectivity index (χ3n) is 3.56. The fraction of sp³-hybridized carbons (Fsp3) is 0.412. The SMILES string of the molecule is CCCc1nc2ccccc2n1C/C=C(/CC)C(=O)OC. The van der Waals surface area contributed by atoms with E-state index in [2.05, 4.69) is 22.5 Å². The van der Waals surface area contributed by atoms with E-state index in [4.69, 9.17) is 4.74 Å². The second-order valence-corrected chi connectivity index (χ2v) is 4.95. The first-order chi connectivity index (χ1) is 10.2. The number of methoxy groups -OCH3 is 1. The molecule has 4 nitrogen and oxygen atoms in total. The van der Waals surface area contributed by atoms with Crippen LogP contribution in [0, 0.1) is 0 Å². The molecule has 0 saturated carbocycles. The lowest BCUT2D eigenvalue weighted by molar-refractivity contribution is -0.136. The fourth-order valence-electron chi connectivity index (χ4n) is 2.45. The number of aromatic nitrogens is 2. The van der Waals surface area contributed by atoms with Crippen molar-refractivity contribution in [2.24, 2.45) is 0 Å². The molecule has 0 N–H and O–H groups in total. The van der Waals surface area contributed by atoms with Crippen LogP contribution in [0.25, 0.3) is 11.0 Å². The molecule has 2 aromatic rings. The molecule has 0 saturated heterocycles. The lowest BCUT2D eigenvalue weighted by atomic mass is 10.2. The summed E-state index contributed by atoms with van der Waals surface area (Å²) in [4.78, 5) is 16.4. The number of imidazole rings is 1. The molecule has 0 radical (unpaired) electrons. The van der Waals surface area contributed by atoms with E-state index >= 15 is 0 Å². The Kier molecular flexibility index (Phi) is 5.14. The number of allylic oxidation sites excluding steroid dienone is 1. The van der Waals surface area contributed by atoms with Crippen LogP contribution < -0.4 is 0 Å². The minimum atomic E-state index is -0.251. The Morgan fingerprint density at radius 3 is 2.76 bits per heavy atom. The number of hydrogen-bond acceptors (Lipinski definition) is 3. The first-order valence-electron chi connectivity index (χ1n) is 7.42. The molecule has 0 atom stereocenters. The van der Waals surface area contributed by atoms with Crippen LogP contribution >= 0.6 is 0 Å². The Hall–Kier alpha value is -2.10. The van der Waals surface area contributed by atoms with E-state index in [0.29, 0.717) is 18.5 Å². The molecule has 0 aliphatic heterocycles. The normalized spacial score (nSPS) is 11.9. The monoisotopic (exact) mass is 286 g/mol. The molecule has 1 aromatic heterocycles. The van der Waals surface area contributed by atoms with Crippen molar-refractivity contribution in [1.29, 1.82) is 0 Å². The lowest BCUT2D eigenvalue weighted by Crippen LogP contribution is -2.07. The number of ether oxygens (including phenoxy) is 1. The highest BCUT2D eigenvalue weighted by atomic mass is 16.5. The van der Waals surface area contributed by atoms with Crippen LogP contribution in [0.1, 0.15) is 32.5 Å². The Morgan fingerprint density at radius 2 is 2.10 bits per heavy atom. The molecule has 0 aliphatic rings. The summed E-state index contributed by atoms with van der Waals surface area (Å²) in [6, 6.07) is 8.10. The minimum Gasteiger partial charge on any atom is -0.466 e. The number of hydrogen-bond donors (Lipinski definition) is 0. The topological polar surface area (TPSA) is 44.1 Å². The smallest absolute Gasteiger partial charge is 0.333 e.